The molecule has 8 nitrogen and oxygen atoms in total. The van der Waals surface area contributed by atoms with Crippen LogP contribution in [0.15, 0.2) is 36.5 Å². The lowest BCUT2D eigenvalue weighted by Crippen LogP contribution is -2.40. The molecule has 0 spiro atoms. The summed E-state index contributed by atoms with van der Waals surface area (Å²) in [4.78, 5) is 13.0. The van der Waals surface area contributed by atoms with Crippen molar-refractivity contribution >= 4 is 22.5 Å². The Morgan fingerprint density at radius 3 is 2.59 bits per heavy atom. The fraction of sp³-hybridized carbons (Fsp3) is 0.500. The monoisotopic (exact) mass is 464 g/mol. The second-order valence-corrected chi connectivity index (χ2v) is 10.2. The van der Waals surface area contributed by atoms with E-state index in [0.29, 0.717) is 23.0 Å². The van der Waals surface area contributed by atoms with Crippen LogP contribution in [0.5, 0.6) is 5.75 Å². The second kappa shape index (κ2) is 8.58. The van der Waals surface area contributed by atoms with E-state index >= 15 is 0 Å². The number of aromatic nitrogens is 3. The Hall–Kier alpha value is -3.13. The van der Waals surface area contributed by atoms with Crippen LogP contribution in [-0.2, 0) is 0 Å². The van der Waals surface area contributed by atoms with Crippen molar-refractivity contribution in [3.63, 3.8) is 0 Å². The van der Waals surface area contributed by atoms with E-state index in [1.165, 1.54) is 0 Å². The Kier molecular flexibility index (Phi) is 5.72. The Morgan fingerprint density at radius 2 is 1.94 bits per heavy atom. The van der Waals surface area contributed by atoms with Gasteiger partial charge in [-0.25, -0.2) is 0 Å². The standard InChI is InChI=1S/C26H32N4O4/c1-26(2,32)18-9-11-19(12-10-18)29-15-17-13-21(24(34-3)14-20(17)28-29)27-25(31)23-6-4-5-22(30(23)33)16-7-8-16/h4-6,13-16,18-19,32H,7-12H2,1-3H3,(H,27,31). The molecule has 34 heavy (non-hydrogen) atoms. The quantitative estimate of drug-likeness (QED) is 0.418. The second-order valence-electron chi connectivity index (χ2n) is 10.2. The van der Waals surface area contributed by atoms with E-state index in [9.17, 15) is 15.1 Å². The lowest BCUT2D eigenvalue weighted by molar-refractivity contribution is -0.616. The highest BCUT2D eigenvalue weighted by molar-refractivity contribution is 6.04. The number of aliphatic hydroxyl groups is 1. The van der Waals surface area contributed by atoms with Crippen molar-refractivity contribution in [2.45, 2.75) is 69.9 Å². The average molecular weight is 465 g/mol. The number of nitrogens with zero attached hydrogens (tertiary/aromatic N) is 3. The summed E-state index contributed by atoms with van der Waals surface area (Å²) in [5, 5.41) is 31.6. The molecule has 2 saturated carbocycles. The number of rotatable bonds is 6. The summed E-state index contributed by atoms with van der Waals surface area (Å²) in [5.74, 6) is 0.582. The van der Waals surface area contributed by atoms with E-state index in [1.54, 1.807) is 25.3 Å². The number of amides is 1. The van der Waals surface area contributed by atoms with Crippen LogP contribution in [0.4, 0.5) is 5.69 Å². The molecular formula is C26H32N4O4. The number of fused-ring (bicyclic) bond motifs is 1. The largest absolute Gasteiger partial charge is 0.618 e. The zero-order chi connectivity index (χ0) is 24.0. The van der Waals surface area contributed by atoms with Crippen molar-refractivity contribution in [2.75, 3.05) is 12.4 Å². The van der Waals surface area contributed by atoms with Crippen molar-refractivity contribution in [3.8, 4) is 5.75 Å². The van der Waals surface area contributed by atoms with Gasteiger partial charge in [-0.1, -0.05) is 0 Å². The van der Waals surface area contributed by atoms with Gasteiger partial charge >= 0.3 is 5.91 Å². The third-order valence-corrected chi connectivity index (χ3v) is 7.36. The first kappa shape index (κ1) is 22.7. The van der Waals surface area contributed by atoms with Gasteiger partial charge in [0.15, 0.2) is 5.69 Å². The summed E-state index contributed by atoms with van der Waals surface area (Å²) >= 11 is 0. The van der Waals surface area contributed by atoms with E-state index < -0.39 is 11.5 Å². The van der Waals surface area contributed by atoms with Crippen LogP contribution < -0.4 is 14.8 Å². The molecule has 0 aliphatic heterocycles. The van der Waals surface area contributed by atoms with Crippen LogP contribution in [0.2, 0.25) is 0 Å². The van der Waals surface area contributed by atoms with Gasteiger partial charge in [0.05, 0.1) is 30.0 Å². The molecule has 5 rings (SSSR count). The number of anilines is 1. The molecule has 180 valence electrons. The van der Waals surface area contributed by atoms with Crippen molar-refractivity contribution in [3.05, 3.63) is 53.1 Å². The van der Waals surface area contributed by atoms with Gasteiger partial charge in [-0.3, -0.25) is 9.48 Å². The Bertz CT molecular complexity index is 1220. The number of pyridine rings is 1. The molecule has 1 aromatic carbocycles. The fourth-order valence-corrected chi connectivity index (χ4v) is 5.12. The van der Waals surface area contributed by atoms with Crippen molar-refractivity contribution in [2.24, 2.45) is 5.92 Å². The molecule has 2 heterocycles. The smallest absolute Gasteiger partial charge is 0.321 e. The molecule has 2 N–H and O–H groups in total. The molecule has 8 heteroatoms. The maximum atomic E-state index is 13.0. The summed E-state index contributed by atoms with van der Waals surface area (Å²) in [5.41, 5.74) is 1.36. The third-order valence-electron chi connectivity index (χ3n) is 7.36. The number of ether oxygens (including phenoxy) is 1. The maximum absolute atomic E-state index is 13.0. The van der Waals surface area contributed by atoms with Crippen molar-refractivity contribution < 1.29 is 19.4 Å². The number of methoxy groups -OCH3 is 1. The highest BCUT2D eigenvalue weighted by Gasteiger charge is 2.34. The van der Waals surface area contributed by atoms with Gasteiger partial charge < -0.3 is 20.4 Å². The summed E-state index contributed by atoms with van der Waals surface area (Å²) in [7, 11) is 1.55. The van der Waals surface area contributed by atoms with Crippen LogP contribution in [0.3, 0.4) is 0 Å². The summed E-state index contributed by atoms with van der Waals surface area (Å²) < 4.78 is 8.27. The zero-order valence-corrected chi connectivity index (χ0v) is 20.0. The van der Waals surface area contributed by atoms with Gasteiger partial charge in [-0.15, -0.1) is 0 Å². The number of nitrogens with one attached hydrogen (secondary N) is 1. The first-order valence-electron chi connectivity index (χ1n) is 12.1. The molecule has 0 atom stereocenters. The topological polar surface area (TPSA) is 103 Å². The highest BCUT2D eigenvalue weighted by Crippen LogP contribution is 2.39. The van der Waals surface area contributed by atoms with Gasteiger partial charge in [-0.05, 0) is 70.4 Å². The Balaban J connectivity index is 1.37. The molecule has 0 radical (unpaired) electrons. The van der Waals surface area contributed by atoms with Gasteiger partial charge in [0.1, 0.15) is 5.75 Å². The molecule has 1 amide bonds. The van der Waals surface area contributed by atoms with E-state index in [-0.39, 0.29) is 17.7 Å². The molecule has 2 aliphatic rings. The van der Waals surface area contributed by atoms with Gasteiger partial charge in [0.2, 0.25) is 0 Å². The number of carbonyl (C=O) groups excluding carboxylic acids is 1. The van der Waals surface area contributed by atoms with Gasteiger partial charge in [0, 0.05) is 35.7 Å². The predicted molar refractivity (Wildman–Crippen MR) is 129 cm³/mol. The highest BCUT2D eigenvalue weighted by atomic mass is 16.5. The molecule has 0 unspecified atom stereocenters. The van der Waals surface area contributed by atoms with E-state index in [0.717, 1.165) is 54.2 Å². The van der Waals surface area contributed by atoms with Crippen molar-refractivity contribution in [1.29, 1.82) is 0 Å². The van der Waals surface area contributed by atoms with Gasteiger partial charge in [0.25, 0.3) is 5.69 Å². The molecule has 0 saturated heterocycles. The Morgan fingerprint density at radius 1 is 1.21 bits per heavy atom. The molecule has 0 bridgehead atoms. The summed E-state index contributed by atoms with van der Waals surface area (Å²) in [6.45, 7) is 3.78. The normalized spacial score (nSPS) is 20.9. The molecule has 2 aromatic heterocycles. The minimum atomic E-state index is -0.652. The van der Waals surface area contributed by atoms with Crippen LogP contribution >= 0.6 is 0 Å². The SMILES string of the molecule is COc1cc2nn(C3CCC(C(C)(C)O)CC3)cc2cc1NC(=O)c1cccc(C2CC2)[n+]1[O-]. The fourth-order valence-electron chi connectivity index (χ4n) is 5.12. The molecule has 2 aliphatic carbocycles. The Labute approximate surface area is 199 Å². The van der Waals surface area contributed by atoms with E-state index in [1.807, 2.05) is 36.9 Å². The summed E-state index contributed by atoms with van der Waals surface area (Å²) in [6, 6.07) is 9.03. The van der Waals surface area contributed by atoms with Crippen LogP contribution in [0.25, 0.3) is 10.9 Å². The van der Waals surface area contributed by atoms with Crippen molar-refractivity contribution in [1.82, 2.24) is 9.78 Å². The van der Waals surface area contributed by atoms with Crippen LogP contribution in [0, 0.1) is 11.1 Å². The number of benzene rings is 1. The van der Waals surface area contributed by atoms with Crippen LogP contribution in [0.1, 0.15) is 80.5 Å². The maximum Gasteiger partial charge on any atom is 0.321 e. The average Bonchev–Trinajstić information content (AvgIpc) is 3.57. The first-order chi connectivity index (χ1) is 16.2. The van der Waals surface area contributed by atoms with E-state index in [4.69, 9.17) is 9.84 Å². The lowest BCUT2D eigenvalue weighted by Gasteiger charge is -2.35. The lowest BCUT2D eigenvalue weighted by atomic mass is 9.77. The van der Waals surface area contributed by atoms with E-state index in [2.05, 4.69) is 5.32 Å². The number of hydrogen-bond donors (Lipinski definition) is 2. The summed E-state index contributed by atoms with van der Waals surface area (Å²) in [6.07, 6.45) is 7.83. The minimum Gasteiger partial charge on any atom is -0.618 e. The minimum absolute atomic E-state index is 0.0748. The van der Waals surface area contributed by atoms with Gasteiger partial charge in [-0.2, -0.15) is 9.83 Å². The third kappa shape index (κ3) is 4.34. The molecular weight excluding hydrogens is 432 g/mol. The number of hydrogen-bond acceptors (Lipinski definition) is 5. The number of carbonyl (C=O) groups is 1. The zero-order valence-electron chi connectivity index (χ0n) is 20.0. The van der Waals surface area contributed by atoms with Crippen LogP contribution in [-0.4, -0.2) is 33.5 Å². The molecule has 2 fully saturated rings. The predicted octanol–water partition coefficient (Wildman–Crippen LogP) is 4.31. The first-order valence-corrected chi connectivity index (χ1v) is 12.1. The molecule has 3 aromatic rings.